The molecule has 0 aromatic heterocycles. The van der Waals surface area contributed by atoms with Crippen LogP contribution >= 0.6 is 0 Å². The molecule has 4 heteroatoms. The van der Waals surface area contributed by atoms with Crippen LogP contribution in [-0.2, 0) is 9.53 Å². The Labute approximate surface area is 78.3 Å². The average molecular weight is 187 g/mol. The molecular weight excluding hydrogens is 170 g/mol. The van der Waals surface area contributed by atoms with Gasteiger partial charge in [-0.1, -0.05) is 0 Å². The van der Waals surface area contributed by atoms with Crippen LogP contribution in [0.1, 0.15) is 25.7 Å². The Bertz CT molecular complexity index is 155. The first-order valence-corrected chi connectivity index (χ1v) is 4.82. The number of nitrogens with one attached hydrogen (secondary N) is 1. The van der Waals surface area contributed by atoms with Gasteiger partial charge in [0, 0.05) is 19.1 Å². The van der Waals surface area contributed by atoms with E-state index in [0.717, 1.165) is 39.0 Å². The molecule has 1 rings (SSSR count). The van der Waals surface area contributed by atoms with Crippen LogP contribution < -0.4 is 5.32 Å². The fourth-order valence-corrected chi connectivity index (χ4v) is 1.40. The van der Waals surface area contributed by atoms with Gasteiger partial charge in [0.2, 0.25) is 0 Å². The maximum atomic E-state index is 10.2. The highest BCUT2D eigenvalue weighted by molar-refractivity contribution is 5.66. The molecular formula is C9H17NO3. The van der Waals surface area contributed by atoms with Crippen molar-refractivity contribution in [1.29, 1.82) is 0 Å². The summed E-state index contributed by atoms with van der Waals surface area (Å²) in [5, 5.41) is 11.7. The van der Waals surface area contributed by atoms with Gasteiger partial charge in [0.25, 0.3) is 0 Å². The summed E-state index contributed by atoms with van der Waals surface area (Å²) < 4.78 is 5.20. The van der Waals surface area contributed by atoms with E-state index in [1.807, 2.05) is 0 Å². The molecule has 4 nitrogen and oxygen atoms in total. The summed E-state index contributed by atoms with van der Waals surface area (Å²) in [6, 6.07) is 0.491. The molecule has 1 fully saturated rings. The first kappa shape index (κ1) is 10.5. The van der Waals surface area contributed by atoms with Crippen molar-refractivity contribution in [2.24, 2.45) is 0 Å². The Morgan fingerprint density at radius 2 is 2.38 bits per heavy atom. The molecule has 0 bridgehead atoms. The van der Waals surface area contributed by atoms with Crippen LogP contribution in [0.3, 0.4) is 0 Å². The molecule has 0 aromatic rings. The number of carbonyl (C=O) groups is 1. The van der Waals surface area contributed by atoms with E-state index < -0.39 is 5.97 Å². The molecule has 0 radical (unpaired) electrons. The van der Waals surface area contributed by atoms with Gasteiger partial charge >= 0.3 is 5.97 Å². The zero-order chi connectivity index (χ0) is 9.52. The Kier molecular flexibility index (Phi) is 4.78. The number of hydrogen-bond donors (Lipinski definition) is 2. The number of rotatable bonds is 6. The Morgan fingerprint density at radius 1 is 1.54 bits per heavy atom. The maximum Gasteiger partial charge on any atom is 0.303 e. The molecule has 13 heavy (non-hydrogen) atoms. The third-order valence-corrected chi connectivity index (χ3v) is 2.18. The molecule has 1 aliphatic heterocycles. The van der Waals surface area contributed by atoms with Crippen molar-refractivity contribution in [2.45, 2.75) is 31.7 Å². The van der Waals surface area contributed by atoms with Crippen LogP contribution in [-0.4, -0.2) is 36.9 Å². The zero-order valence-electron chi connectivity index (χ0n) is 7.79. The monoisotopic (exact) mass is 187 g/mol. The number of carboxylic acid groups (broad SMARTS) is 1. The molecule has 1 unspecified atom stereocenters. The maximum absolute atomic E-state index is 10.2. The van der Waals surface area contributed by atoms with Gasteiger partial charge in [0.1, 0.15) is 0 Å². The van der Waals surface area contributed by atoms with Crippen molar-refractivity contribution in [3.8, 4) is 0 Å². The summed E-state index contributed by atoms with van der Waals surface area (Å²) in [6.07, 6.45) is 3.06. The van der Waals surface area contributed by atoms with E-state index in [4.69, 9.17) is 9.84 Å². The summed E-state index contributed by atoms with van der Waals surface area (Å²) in [7, 11) is 0. The minimum absolute atomic E-state index is 0.281. The minimum Gasteiger partial charge on any atom is -0.481 e. The van der Waals surface area contributed by atoms with Crippen LogP contribution in [0.4, 0.5) is 0 Å². The zero-order valence-corrected chi connectivity index (χ0v) is 7.79. The smallest absolute Gasteiger partial charge is 0.303 e. The van der Waals surface area contributed by atoms with Crippen molar-refractivity contribution in [2.75, 3.05) is 19.8 Å². The molecule has 0 saturated carbocycles. The van der Waals surface area contributed by atoms with Crippen LogP contribution in [0.2, 0.25) is 0 Å². The summed E-state index contributed by atoms with van der Waals surface area (Å²) in [4.78, 5) is 10.2. The van der Waals surface area contributed by atoms with Gasteiger partial charge in [-0.15, -0.1) is 0 Å². The summed E-state index contributed by atoms with van der Waals surface area (Å²) in [6.45, 7) is 2.56. The van der Waals surface area contributed by atoms with Gasteiger partial charge in [-0.25, -0.2) is 0 Å². The van der Waals surface area contributed by atoms with Gasteiger partial charge in [-0.2, -0.15) is 0 Å². The fraction of sp³-hybridized carbons (Fsp3) is 0.889. The van der Waals surface area contributed by atoms with Crippen LogP contribution in [0, 0.1) is 0 Å². The lowest BCUT2D eigenvalue weighted by Crippen LogP contribution is -2.29. The second-order valence-electron chi connectivity index (χ2n) is 3.37. The van der Waals surface area contributed by atoms with E-state index >= 15 is 0 Å². The van der Waals surface area contributed by atoms with Crippen molar-refractivity contribution < 1.29 is 14.6 Å². The third-order valence-electron chi connectivity index (χ3n) is 2.18. The average Bonchev–Trinajstić information content (AvgIpc) is 2.55. The minimum atomic E-state index is -0.704. The molecule has 1 saturated heterocycles. The second kappa shape index (κ2) is 5.94. The van der Waals surface area contributed by atoms with Gasteiger partial charge in [0.05, 0.1) is 6.61 Å². The molecule has 1 heterocycles. The van der Waals surface area contributed by atoms with Crippen molar-refractivity contribution in [3.63, 3.8) is 0 Å². The van der Waals surface area contributed by atoms with Gasteiger partial charge in [-0.3, -0.25) is 4.79 Å². The lowest BCUT2D eigenvalue weighted by molar-refractivity contribution is -0.137. The van der Waals surface area contributed by atoms with E-state index in [-0.39, 0.29) is 6.42 Å². The van der Waals surface area contributed by atoms with Crippen LogP contribution in [0.15, 0.2) is 0 Å². The first-order chi connectivity index (χ1) is 6.29. The second-order valence-corrected chi connectivity index (χ2v) is 3.37. The van der Waals surface area contributed by atoms with E-state index in [0.29, 0.717) is 6.04 Å². The molecule has 0 aromatic carbocycles. The fourth-order valence-electron chi connectivity index (χ4n) is 1.40. The number of unbranched alkanes of at least 4 members (excludes halogenated alkanes) is 1. The van der Waals surface area contributed by atoms with Crippen molar-refractivity contribution in [3.05, 3.63) is 0 Å². The summed E-state index contributed by atoms with van der Waals surface area (Å²) in [5.41, 5.74) is 0. The Morgan fingerprint density at radius 3 is 3.00 bits per heavy atom. The molecule has 0 spiro atoms. The highest BCUT2D eigenvalue weighted by Gasteiger charge is 2.13. The van der Waals surface area contributed by atoms with Gasteiger partial charge < -0.3 is 15.2 Å². The number of ether oxygens (including phenoxy) is 1. The largest absolute Gasteiger partial charge is 0.481 e. The Balaban J connectivity index is 1.86. The molecule has 76 valence electrons. The third kappa shape index (κ3) is 4.85. The number of aliphatic carboxylic acids is 1. The lowest BCUT2D eigenvalue weighted by Gasteiger charge is -2.09. The summed E-state index contributed by atoms with van der Waals surface area (Å²) in [5.74, 6) is -0.704. The van der Waals surface area contributed by atoms with Crippen LogP contribution in [0.5, 0.6) is 0 Å². The predicted molar refractivity (Wildman–Crippen MR) is 48.7 cm³/mol. The lowest BCUT2D eigenvalue weighted by atomic mass is 10.2. The van der Waals surface area contributed by atoms with Crippen LogP contribution in [0.25, 0.3) is 0 Å². The van der Waals surface area contributed by atoms with E-state index in [2.05, 4.69) is 5.32 Å². The van der Waals surface area contributed by atoms with Gasteiger partial charge in [-0.05, 0) is 25.8 Å². The summed E-state index contributed by atoms with van der Waals surface area (Å²) >= 11 is 0. The molecule has 0 amide bonds. The quantitative estimate of drug-likeness (QED) is 0.598. The van der Waals surface area contributed by atoms with Crippen molar-refractivity contribution in [1.82, 2.24) is 5.32 Å². The van der Waals surface area contributed by atoms with E-state index in [1.54, 1.807) is 0 Å². The number of carboxylic acids is 1. The predicted octanol–water partition coefficient (Wildman–Crippen LogP) is 0.620. The van der Waals surface area contributed by atoms with E-state index in [9.17, 15) is 4.79 Å². The molecule has 0 aliphatic carbocycles. The Hall–Kier alpha value is -0.610. The normalized spacial score (nSPS) is 22.0. The number of hydrogen-bond acceptors (Lipinski definition) is 3. The standard InChI is InChI=1S/C9H17NO3/c11-9(12)3-1-2-5-10-8-4-6-13-7-8/h8,10H,1-7H2,(H,11,12). The molecule has 1 aliphatic rings. The molecule has 1 atom stereocenters. The highest BCUT2D eigenvalue weighted by Crippen LogP contribution is 2.03. The first-order valence-electron chi connectivity index (χ1n) is 4.82. The highest BCUT2D eigenvalue weighted by atomic mass is 16.5. The van der Waals surface area contributed by atoms with Gasteiger partial charge in [0.15, 0.2) is 0 Å². The SMILES string of the molecule is O=C(O)CCCCNC1CCOC1. The topological polar surface area (TPSA) is 58.6 Å². The molecule has 2 N–H and O–H groups in total. The van der Waals surface area contributed by atoms with Crippen molar-refractivity contribution >= 4 is 5.97 Å². The van der Waals surface area contributed by atoms with E-state index in [1.165, 1.54) is 0 Å².